The molecule has 0 aliphatic rings. The molecule has 0 unspecified atom stereocenters. The molecule has 152 valence electrons. The molecule has 1 aromatic carbocycles. The van der Waals surface area contributed by atoms with Crippen molar-refractivity contribution < 1.29 is 22.7 Å². The van der Waals surface area contributed by atoms with Crippen LogP contribution >= 0.6 is 0 Å². The zero-order valence-electron chi connectivity index (χ0n) is 15.2. The molecule has 3 aromatic rings. The van der Waals surface area contributed by atoms with E-state index in [9.17, 15) is 22.8 Å². The van der Waals surface area contributed by atoms with E-state index in [1.165, 1.54) is 29.1 Å². The monoisotopic (exact) mass is 407 g/mol. The van der Waals surface area contributed by atoms with E-state index in [2.05, 4.69) is 20.3 Å². The summed E-state index contributed by atoms with van der Waals surface area (Å²) in [6.07, 6.45) is -0.815. The van der Waals surface area contributed by atoms with Gasteiger partial charge in [0.25, 0.3) is 0 Å². The summed E-state index contributed by atoms with van der Waals surface area (Å²) in [6, 6.07) is 7.69. The van der Waals surface area contributed by atoms with Crippen LogP contribution in [0, 0.1) is 0 Å². The van der Waals surface area contributed by atoms with Gasteiger partial charge in [0.1, 0.15) is 11.4 Å². The number of aryl methyl sites for hydroxylation is 1. The molecule has 2 heterocycles. The minimum atomic E-state index is -4.60. The molecule has 1 N–H and O–H groups in total. The topological polar surface area (TPSA) is 91.0 Å². The molecule has 11 heteroatoms. The molecule has 0 fully saturated rings. The number of halogens is 3. The van der Waals surface area contributed by atoms with Crippen molar-refractivity contribution in [3.05, 3.63) is 70.4 Å². The molecule has 0 radical (unpaired) electrons. The van der Waals surface area contributed by atoms with E-state index in [0.29, 0.717) is 11.3 Å². The molecule has 0 saturated carbocycles. The van der Waals surface area contributed by atoms with Crippen molar-refractivity contribution in [2.45, 2.75) is 12.6 Å². The van der Waals surface area contributed by atoms with E-state index in [0.717, 1.165) is 0 Å². The molecule has 3 rings (SSSR count). The average Bonchev–Trinajstić information content (AvgIpc) is 3.08. The van der Waals surface area contributed by atoms with Gasteiger partial charge < -0.3 is 4.74 Å². The molecular formula is C18H16F3N5O3. The Bertz CT molecular complexity index is 1070. The second-order valence-electron chi connectivity index (χ2n) is 6.14. The minimum Gasteiger partial charge on any atom is -0.440 e. The first-order chi connectivity index (χ1) is 13.7. The number of hydrogen-bond donors (Lipinski definition) is 1. The number of hydrogen-bond acceptors (Lipinski definition) is 5. The van der Waals surface area contributed by atoms with Gasteiger partial charge in [-0.2, -0.15) is 23.4 Å². The fourth-order valence-corrected chi connectivity index (χ4v) is 2.49. The van der Waals surface area contributed by atoms with Gasteiger partial charge in [0.15, 0.2) is 6.61 Å². The van der Waals surface area contributed by atoms with Crippen molar-refractivity contribution in [1.29, 1.82) is 0 Å². The summed E-state index contributed by atoms with van der Waals surface area (Å²) in [4.78, 5) is 23.6. The molecule has 2 aromatic heterocycles. The first-order valence-corrected chi connectivity index (χ1v) is 8.37. The van der Waals surface area contributed by atoms with Crippen molar-refractivity contribution in [3.8, 4) is 5.69 Å². The quantitative estimate of drug-likeness (QED) is 0.702. The van der Waals surface area contributed by atoms with E-state index in [-0.39, 0.29) is 23.2 Å². The highest BCUT2D eigenvalue weighted by atomic mass is 19.4. The van der Waals surface area contributed by atoms with E-state index in [1.54, 1.807) is 36.3 Å². The van der Waals surface area contributed by atoms with Crippen LogP contribution in [-0.4, -0.2) is 38.4 Å². The van der Waals surface area contributed by atoms with E-state index >= 15 is 0 Å². The number of alkyl halides is 3. The SMILES string of the molecule is Cn1cc(-n2ccc(=O)c(Cc3cccc(NC(=O)OCC(F)(F)F)c3)n2)cn1. The van der Waals surface area contributed by atoms with Gasteiger partial charge in [-0.3, -0.25) is 14.8 Å². The second kappa shape index (κ2) is 8.17. The molecule has 0 aliphatic carbocycles. The summed E-state index contributed by atoms with van der Waals surface area (Å²) >= 11 is 0. The number of benzene rings is 1. The zero-order chi connectivity index (χ0) is 21.0. The second-order valence-corrected chi connectivity index (χ2v) is 6.14. The first kappa shape index (κ1) is 20.1. The van der Waals surface area contributed by atoms with Gasteiger partial charge in [0, 0.05) is 31.4 Å². The van der Waals surface area contributed by atoms with Crippen LogP contribution in [0.3, 0.4) is 0 Å². The number of anilines is 1. The van der Waals surface area contributed by atoms with Crippen LogP contribution in [0.5, 0.6) is 0 Å². The highest BCUT2D eigenvalue weighted by Crippen LogP contribution is 2.16. The number of ether oxygens (including phenoxy) is 1. The van der Waals surface area contributed by atoms with Gasteiger partial charge >= 0.3 is 12.3 Å². The maximum atomic E-state index is 12.2. The number of aromatic nitrogens is 4. The first-order valence-electron chi connectivity index (χ1n) is 8.37. The normalized spacial score (nSPS) is 11.3. The third-order valence-electron chi connectivity index (χ3n) is 3.75. The fraction of sp³-hybridized carbons (Fsp3) is 0.222. The van der Waals surface area contributed by atoms with Gasteiger partial charge in [-0.15, -0.1) is 0 Å². The summed E-state index contributed by atoms with van der Waals surface area (Å²) in [7, 11) is 1.76. The lowest BCUT2D eigenvalue weighted by atomic mass is 10.1. The Hall–Kier alpha value is -3.63. The Labute approximate surface area is 162 Å². The van der Waals surface area contributed by atoms with Crippen LogP contribution in [0.25, 0.3) is 5.69 Å². The zero-order valence-corrected chi connectivity index (χ0v) is 15.2. The van der Waals surface area contributed by atoms with Gasteiger partial charge in [-0.25, -0.2) is 9.48 Å². The van der Waals surface area contributed by atoms with Crippen LogP contribution in [0.4, 0.5) is 23.7 Å². The highest BCUT2D eigenvalue weighted by Gasteiger charge is 2.29. The lowest BCUT2D eigenvalue weighted by Crippen LogP contribution is -2.23. The average molecular weight is 407 g/mol. The van der Waals surface area contributed by atoms with Gasteiger partial charge in [0.2, 0.25) is 5.43 Å². The predicted octanol–water partition coefficient (Wildman–Crippen LogP) is 2.67. The van der Waals surface area contributed by atoms with Gasteiger partial charge in [0.05, 0.1) is 12.4 Å². The van der Waals surface area contributed by atoms with E-state index < -0.39 is 18.9 Å². The van der Waals surface area contributed by atoms with Crippen LogP contribution in [0.15, 0.2) is 53.7 Å². The maximum absolute atomic E-state index is 12.2. The Balaban J connectivity index is 1.73. The molecular weight excluding hydrogens is 391 g/mol. The maximum Gasteiger partial charge on any atom is 0.422 e. The lowest BCUT2D eigenvalue weighted by molar-refractivity contribution is -0.159. The third-order valence-corrected chi connectivity index (χ3v) is 3.75. The van der Waals surface area contributed by atoms with Crippen molar-refractivity contribution in [3.63, 3.8) is 0 Å². The Kier molecular flexibility index (Phi) is 5.66. The van der Waals surface area contributed by atoms with Crippen molar-refractivity contribution in [2.24, 2.45) is 7.05 Å². The molecule has 0 saturated heterocycles. The van der Waals surface area contributed by atoms with Crippen LogP contribution in [0.1, 0.15) is 11.3 Å². The number of nitrogens with zero attached hydrogens (tertiary/aromatic N) is 4. The van der Waals surface area contributed by atoms with Gasteiger partial charge in [-0.1, -0.05) is 12.1 Å². The fourth-order valence-electron chi connectivity index (χ4n) is 2.49. The number of nitrogens with one attached hydrogen (secondary N) is 1. The summed E-state index contributed by atoms with van der Waals surface area (Å²) in [6.45, 7) is -1.68. The summed E-state index contributed by atoms with van der Waals surface area (Å²) in [5.74, 6) is 0. The lowest BCUT2D eigenvalue weighted by Gasteiger charge is -2.10. The number of carbonyl (C=O) groups is 1. The highest BCUT2D eigenvalue weighted by molar-refractivity contribution is 5.84. The molecule has 0 spiro atoms. The van der Waals surface area contributed by atoms with Crippen LogP contribution in [0.2, 0.25) is 0 Å². The molecule has 1 amide bonds. The summed E-state index contributed by atoms with van der Waals surface area (Å²) in [5.41, 5.74) is 1.53. The van der Waals surface area contributed by atoms with Crippen molar-refractivity contribution in [1.82, 2.24) is 19.6 Å². The van der Waals surface area contributed by atoms with Crippen molar-refractivity contribution >= 4 is 11.8 Å². The Morgan fingerprint density at radius 3 is 2.76 bits per heavy atom. The summed E-state index contributed by atoms with van der Waals surface area (Å²) in [5, 5.41) is 10.6. The van der Waals surface area contributed by atoms with E-state index in [4.69, 9.17) is 0 Å². The van der Waals surface area contributed by atoms with Crippen LogP contribution in [-0.2, 0) is 18.2 Å². The number of amides is 1. The molecule has 0 bridgehead atoms. The molecule has 29 heavy (non-hydrogen) atoms. The largest absolute Gasteiger partial charge is 0.440 e. The number of carbonyl (C=O) groups excluding carboxylic acids is 1. The van der Waals surface area contributed by atoms with Gasteiger partial charge in [-0.05, 0) is 17.7 Å². The smallest absolute Gasteiger partial charge is 0.422 e. The molecule has 0 atom stereocenters. The minimum absolute atomic E-state index is 0.160. The number of rotatable bonds is 5. The molecule has 0 aliphatic heterocycles. The summed E-state index contributed by atoms with van der Waals surface area (Å²) < 4.78 is 43.5. The Morgan fingerprint density at radius 1 is 1.28 bits per heavy atom. The van der Waals surface area contributed by atoms with E-state index in [1.807, 2.05) is 0 Å². The predicted molar refractivity (Wildman–Crippen MR) is 96.9 cm³/mol. The third kappa shape index (κ3) is 5.67. The molecule has 8 nitrogen and oxygen atoms in total. The van der Waals surface area contributed by atoms with Crippen LogP contribution < -0.4 is 10.7 Å². The standard InChI is InChI=1S/C18H16F3N5O3/c1-25-10-14(9-22-25)26-6-5-16(27)15(24-26)8-12-3-2-4-13(7-12)23-17(28)29-11-18(19,20)21/h2-7,9-10H,8,11H2,1H3,(H,23,28). The van der Waals surface area contributed by atoms with Crippen molar-refractivity contribution in [2.75, 3.05) is 11.9 Å². The Morgan fingerprint density at radius 2 is 2.07 bits per heavy atom.